The summed E-state index contributed by atoms with van der Waals surface area (Å²) in [7, 11) is 1.90. The topological polar surface area (TPSA) is 83.7 Å². The van der Waals surface area contributed by atoms with Gasteiger partial charge in [-0.3, -0.25) is 0 Å². The average Bonchev–Trinajstić information content (AvgIpc) is 2.71. The molecule has 0 amide bonds. The van der Waals surface area contributed by atoms with Crippen molar-refractivity contribution in [1.29, 1.82) is 0 Å². The average molecular weight is 273 g/mol. The minimum absolute atomic E-state index is 0.183. The Morgan fingerprint density at radius 2 is 2.16 bits per heavy atom. The van der Waals surface area contributed by atoms with E-state index >= 15 is 0 Å². The van der Waals surface area contributed by atoms with Crippen molar-refractivity contribution in [3.63, 3.8) is 0 Å². The van der Waals surface area contributed by atoms with E-state index in [0.717, 1.165) is 28.2 Å². The lowest BCUT2D eigenvalue weighted by Gasteiger charge is -2.01. The van der Waals surface area contributed by atoms with E-state index in [1.807, 2.05) is 35.9 Å². The van der Waals surface area contributed by atoms with E-state index in [2.05, 4.69) is 15.2 Å². The maximum absolute atomic E-state index is 10.4. The third-order valence-corrected chi connectivity index (χ3v) is 3.62. The molecule has 0 atom stereocenters. The zero-order valence-electron chi connectivity index (χ0n) is 10.0. The Bertz CT molecular complexity index is 784. The third-order valence-electron chi connectivity index (χ3n) is 2.81. The fourth-order valence-corrected chi connectivity index (χ4v) is 2.47. The van der Waals surface area contributed by atoms with Crippen molar-refractivity contribution < 1.29 is 9.90 Å². The Kier molecular flexibility index (Phi) is 2.83. The highest BCUT2D eigenvalue weighted by molar-refractivity contribution is 7.99. The van der Waals surface area contributed by atoms with Crippen LogP contribution in [0.2, 0.25) is 0 Å². The lowest BCUT2D eigenvalue weighted by atomic mass is 10.2. The van der Waals surface area contributed by atoms with Gasteiger partial charge in [0.05, 0.1) is 11.5 Å². The number of fused-ring (bicyclic) bond motifs is 3. The Morgan fingerprint density at radius 3 is 2.95 bits per heavy atom. The van der Waals surface area contributed by atoms with Gasteiger partial charge >= 0.3 is 0 Å². The molecule has 0 unspecified atom stereocenters. The highest BCUT2D eigenvalue weighted by Crippen LogP contribution is 2.25. The Morgan fingerprint density at radius 1 is 1.37 bits per heavy atom. The minimum Gasteiger partial charge on any atom is -0.549 e. The first-order valence-corrected chi connectivity index (χ1v) is 6.56. The van der Waals surface area contributed by atoms with E-state index in [1.54, 1.807) is 0 Å². The van der Waals surface area contributed by atoms with Gasteiger partial charge in [-0.2, -0.15) is 0 Å². The molecule has 0 fully saturated rings. The van der Waals surface area contributed by atoms with Gasteiger partial charge in [-0.15, -0.1) is 10.2 Å². The molecule has 0 radical (unpaired) electrons. The van der Waals surface area contributed by atoms with Gasteiger partial charge in [0.25, 0.3) is 0 Å². The number of para-hydroxylation sites is 1. The maximum atomic E-state index is 10.4. The normalized spacial score (nSPS) is 11.2. The number of thioether (sulfide) groups is 1. The van der Waals surface area contributed by atoms with Crippen LogP contribution in [0.25, 0.3) is 22.1 Å². The second kappa shape index (κ2) is 4.51. The summed E-state index contributed by atoms with van der Waals surface area (Å²) in [5, 5.41) is 19.8. The summed E-state index contributed by atoms with van der Waals surface area (Å²) in [5.41, 5.74) is 2.43. The van der Waals surface area contributed by atoms with Crippen molar-refractivity contribution in [3.8, 4) is 0 Å². The number of carbonyl (C=O) groups excluding carboxylic acids is 1. The molecule has 3 rings (SSSR count). The van der Waals surface area contributed by atoms with Crippen molar-refractivity contribution in [3.05, 3.63) is 24.3 Å². The number of aryl methyl sites for hydroxylation is 1. The summed E-state index contributed by atoms with van der Waals surface area (Å²) in [4.78, 5) is 14.8. The van der Waals surface area contributed by atoms with Crippen LogP contribution >= 0.6 is 11.8 Å². The number of hydrogen-bond donors (Lipinski definition) is 0. The zero-order valence-corrected chi connectivity index (χ0v) is 10.8. The van der Waals surface area contributed by atoms with Crippen LogP contribution < -0.4 is 5.11 Å². The molecule has 0 saturated carbocycles. The summed E-state index contributed by atoms with van der Waals surface area (Å²) >= 11 is 1.00. The molecule has 0 bridgehead atoms. The number of carbonyl (C=O) groups is 1. The molecule has 3 aromatic rings. The molecule has 6 nitrogen and oxygen atoms in total. The van der Waals surface area contributed by atoms with E-state index in [4.69, 9.17) is 0 Å². The number of aromatic nitrogens is 4. The van der Waals surface area contributed by atoms with E-state index in [-0.39, 0.29) is 5.75 Å². The van der Waals surface area contributed by atoms with Crippen molar-refractivity contribution in [1.82, 2.24) is 19.7 Å². The molecule has 2 aromatic heterocycles. The number of nitrogens with zero attached hydrogens (tertiary/aromatic N) is 4. The predicted molar refractivity (Wildman–Crippen MR) is 69.5 cm³/mol. The molecule has 0 aliphatic carbocycles. The quantitative estimate of drug-likeness (QED) is 0.641. The van der Waals surface area contributed by atoms with Gasteiger partial charge in [0.1, 0.15) is 5.52 Å². The van der Waals surface area contributed by atoms with Gasteiger partial charge in [0.15, 0.2) is 5.65 Å². The summed E-state index contributed by atoms with van der Waals surface area (Å²) in [6.45, 7) is 0. The molecule has 0 aliphatic rings. The van der Waals surface area contributed by atoms with Crippen molar-refractivity contribution >= 4 is 39.8 Å². The first kappa shape index (κ1) is 11.9. The Balaban J connectivity index is 2.15. The fourth-order valence-electron chi connectivity index (χ4n) is 1.98. The molecule has 7 heteroatoms. The largest absolute Gasteiger partial charge is 0.549 e. The molecule has 96 valence electrons. The van der Waals surface area contributed by atoms with Gasteiger partial charge in [-0.25, -0.2) is 4.98 Å². The van der Waals surface area contributed by atoms with Crippen molar-refractivity contribution in [2.45, 2.75) is 5.16 Å². The molecule has 1 aromatic carbocycles. The van der Waals surface area contributed by atoms with Crippen LogP contribution in [0.1, 0.15) is 0 Å². The summed E-state index contributed by atoms with van der Waals surface area (Å²) in [6, 6.07) is 7.82. The SMILES string of the molecule is Cn1c2ccccc2c2nnc(SCC(=O)[O-])nc21. The monoisotopic (exact) mass is 273 g/mol. The van der Waals surface area contributed by atoms with Gasteiger partial charge in [-0.1, -0.05) is 30.0 Å². The standard InChI is InChI=1S/C12H10N4O2S/c1-16-8-5-3-2-4-7(8)10-11(16)13-12(15-14-10)19-6-9(17)18/h2-5H,6H2,1H3,(H,17,18)/p-1. The highest BCUT2D eigenvalue weighted by atomic mass is 32.2. The maximum Gasteiger partial charge on any atom is 0.211 e. The van der Waals surface area contributed by atoms with Crippen molar-refractivity contribution in [2.24, 2.45) is 7.05 Å². The van der Waals surface area contributed by atoms with E-state index < -0.39 is 5.97 Å². The van der Waals surface area contributed by atoms with Crippen LogP contribution in [0, 0.1) is 0 Å². The van der Waals surface area contributed by atoms with Gasteiger partial charge < -0.3 is 14.5 Å². The van der Waals surface area contributed by atoms with E-state index in [1.165, 1.54) is 0 Å². The summed E-state index contributed by atoms with van der Waals surface area (Å²) < 4.78 is 1.92. The number of hydrogen-bond acceptors (Lipinski definition) is 6. The van der Waals surface area contributed by atoms with E-state index in [9.17, 15) is 9.90 Å². The van der Waals surface area contributed by atoms with Gasteiger partial charge in [0.2, 0.25) is 5.16 Å². The Hall–Kier alpha value is -2.15. The summed E-state index contributed by atoms with van der Waals surface area (Å²) in [5.74, 6) is -1.33. The second-order valence-electron chi connectivity index (χ2n) is 4.00. The fraction of sp³-hybridized carbons (Fsp3) is 0.167. The smallest absolute Gasteiger partial charge is 0.211 e. The number of carboxylic acids is 1. The lowest BCUT2D eigenvalue weighted by Crippen LogP contribution is -2.24. The molecular formula is C12H9N4O2S-. The predicted octanol–water partition coefficient (Wildman–Crippen LogP) is 0.358. The number of carboxylic acid groups (broad SMARTS) is 1. The molecular weight excluding hydrogens is 264 g/mol. The van der Waals surface area contributed by atoms with Crippen LogP contribution in [0.3, 0.4) is 0 Å². The number of rotatable bonds is 3. The summed E-state index contributed by atoms with van der Waals surface area (Å²) in [6.07, 6.45) is 0. The van der Waals surface area contributed by atoms with Crippen LogP contribution in [-0.2, 0) is 11.8 Å². The lowest BCUT2D eigenvalue weighted by molar-refractivity contribution is -0.301. The second-order valence-corrected chi connectivity index (χ2v) is 4.95. The molecule has 0 spiro atoms. The van der Waals surface area contributed by atoms with Crippen LogP contribution in [-0.4, -0.2) is 31.5 Å². The Labute approximate surface area is 112 Å². The third kappa shape index (κ3) is 2.01. The van der Waals surface area contributed by atoms with Crippen LogP contribution in [0.15, 0.2) is 29.4 Å². The highest BCUT2D eigenvalue weighted by Gasteiger charge is 2.12. The minimum atomic E-state index is -1.15. The van der Waals surface area contributed by atoms with Crippen LogP contribution in [0.5, 0.6) is 0 Å². The van der Waals surface area contributed by atoms with Crippen molar-refractivity contribution in [2.75, 3.05) is 5.75 Å². The van der Waals surface area contributed by atoms with Gasteiger partial charge in [-0.05, 0) is 6.07 Å². The molecule has 0 aliphatic heterocycles. The zero-order chi connectivity index (χ0) is 13.4. The number of aliphatic carboxylic acids is 1. The molecule has 0 N–H and O–H groups in total. The molecule has 2 heterocycles. The van der Waals surface area contributed by atoms with Gasteiger partial charge in [0, 0.05) is 18.2 Å². The first-order chi connectivity index (χ1) is 9.16. The van der Waals surface area contributed by atoms with E-state index in [0.29, 0.717) is 10.8 Å². The number of benzene rings is 1. The molecule has 19 heavy (non-hydrogen) atoms. The first-order valence-electron chi connectivity index (χ1n) is 5.57. The van der Waals surface area contributed by atoms with Crippen LogP contribution in [0.4, 0.5) is 0 Å². The molecule has 0 saturated heterocycles.